The quantitative estimate of drug-likeness (QED) is 0.748. The van der Waals surface area contributed by atoms with E-state index in [4.69, 9.17) is 10.7 Å². The highest BCUT2D eigenvalue weighted by Gasteiger charge is 2.32. The average Bonchev–Trinajstić information content (AvgIpc) is 2.64. The molecule has 3 rings (SSSR count). The van der Waals surface area contributed by atoms with E-state index in [9.17, 15) is 8.42 Å². The molecule has 2 heterocycles. The van der Waals surface area contributed by atoms with Crippen LogP contribution in [0.4, 0.5) is 0 Å². The normalized spacial score (nSPS) is 27.2. The second-order valence-corrected chi connectivity index (χ2v) is 7.29. The molecule has 0 saturated carbocycles. The summed E-state index contributed by atoms with van der Waals surface area (Å²) in [6.07, 6.45) is 4.94. The van der Waals surface area contributed by atoms with Crippen molar-refractivity contribution in [3.63, 3.8) is 0 Å². The van der Waals surface area contributed by atoms with Crippen molar-refractivity contribution in [2.75, 3.05) is 6.54 Å². The van der Waals surface area contributed by atoms with Gasteiger partial charge in [0.1, 0.15) is 4.91 Å². The zero-order valence-electron chi connectivity index (χ0n) is 9.90. The zero-order chi connectivity index (χ0) is 12.9. The molecule has 1 atom stereocenters. The highest BCUT2D eigenvalue weighted by atomic mass is 35.7. The van der Waals surface area contributed by atoms with Crippen LogP contribution in [-0.2, 0) is 9.05 Å². The van der Waals surface area contributed by atoms with Gasteiger partial charge in [0.25, 0.3) is 9.05 Å². The van der Waals surface area contributed by atoms with Gasteiger partial charge in [-0.05, 0) is 30.6 Å². The summed E-state index contributed by atoms with van der Waals surface area (Å²) in [7, 11) is 1.73. The Bertz CT molecular complexity index is 641. The first-order valence-electron chi connectivity index (χ1n) is 5.86. The highest BCUT2D eigenvalue weighted by molar-refractivity contribution is 8.17. The number of piperidine rings is 1. The van der Waals surface area contributed by atoms with Crippen LogP contribution in [0.15, 0.2) is 38.9 Å². The Hall–Kier alpha value is -0.910. The SMILES string of the molecule is CC1CC2=NC3=C(S(=O)(=O)Cl)C=CCC3=C2CN1. The maximum atomic E-state index is 11.5. The molecule has 0 amide bonds. The fourth-order valence-electron chi connectivity index (χ4n) is 2.59. The predicted molar refractivity (Wildman–Crippen MR) is 72.1 cm³/mol. The summed E-state index contributed by atoms with van der Waals surface area (Å²) >= 11 is 0. The van der Waals surface area contributed by atoms with Crippen LogP contribution < -0.4 is 5.32 Å². The number of nitrogens with one attached hydrogen (secondary N) is 1. The summed E-state index contributed by atoms with van der Waals surface area (Å²) in [5.74, 6) is 0. The summed E-state index contributed by atoms with van der Waals surface area (Å²) < 4.78 is 23.1. The minimum Gasteiger partial charge on any atom is -0.310 e. The fraction of sp³-hybridized carbons (Fsp3) is 0.417. The van der Waals surface area contributed by atoms with E-state index in [0.717, 1.165) is 36.2 Å². The molecule has 6 heteroatoms. The first kappa shape index (κ1) is 12.1. The Morgan fingerprint density at radius 3 is 2.94 bits per heavy atom. The monoisotopic (exact) mass is 284 g/mol. The van der Waals surface area contributed by atoms with Crippen LogP contribution in [0.5, 0.6) is 0 Å². The van der Waals surface area contributed by atoms with Crippen molar-refractivity contribution in [2.24, 2.45) is 4.99 Å². The van der Waals surface area contributed by atoms with Gasteiger partial charge in [-0.1, -0.05) is 6.08 Å². The third-order valence-electron chi connectivity index (χ3n) is 3.46. The maximum absolute atomic E-state index is 11.5. The van der Waals surface area contributed by atoms with Crippen molar-refractivity contribution in [3.05, 3.63) is 33.9 Å². The molecule has 0 spiro atoms. The van der Waals surface area contributed by atoms with Crippen molar-refractivity contribution >= 4 is 25.4 Å². The van der Waals surface area contributed by atoms with E-state index in [1.165, 1.54) is 0 Å². The molecule has 0 aromatic heterocycles. The summed E-state index contributed by atoms with van der Waals surface area (Å²) in [6, 6.07) is 0.373. The summed E-state index contributed by atoms with van der Waals surface area (Å²) in [5, 5.41) is 3.37. The van der Waals surface area contributed by atoms with E-state index in [2.05, 4.69) is 17.2 Å². The van der Waals surface area contributed by atoms with Crippen LogP contribution in [0.25, 0.3) is 0 Å². The van der Waals surface area contributed by atoms with Gasteiger partial charge in [-0.2, -0.15) is 0 Å². The number of rotatable bonds is 1. The van der Waals surface area contributed by atoms with Crippen molar-refractivity contribution in [3.8, 4) is 0 Å². The van der Waals surface area contributed by atoms with Crippen LogP contribution in [-0.4, -0.2) is 26.7 Å². The molecule has 3 aliphatic rings. The first-order chi connectivity index (χ1) is 8.47. The second kappa shape index (κ2) is 4.05. The van der Waals surface area contributed by atoms with Crippen molar-refractivity contribution < 1.29 is 8.42 Å². The zero-order valence-corrected chi connectivity index (χ0v) is 11.5. The molecule has 0 aromatic carbocycles. The molecule has 4 nitrogen and oxygen atoms in total. The largest absolute Gasteiger partial charge is 0.310 e. The lowest BCUT2D eigenvalue weighted by molar-refractivity contribution is 0.577. The van der Waals surface area contributed by atoms with Gasteiger partial charge in [0, 0.05) is 35.4 Å². The lowest BCUT2D eigenvalue weighted by Gasteiger charge is -2.22. The van der Waals surface area contributed by atoms with Crippen molar-refractivity contribution in [1.82, 2.24) is 5.32 Å². The van der Waals surface area contributed by atoms with Gasteiger partial charge in [0.05, 0.1) is 5.70 Å². The third kappa shape index (κ3) is 1.86. The Morgan fingerprint density at radius 2 is 2.22 bits per heavy atom. The van der Waals surface area contributed by atoms with Crippen LogP contribution in [0.1, 0.15) is 19.8 Å². The summed E-state index contributed by atoms with van der Waals surface area (Å²) in [6.45, 7) is 2.85. The molecule has 1 aliphatic carbocycles. The molecule has 0 radical (unpaired) electrons. The van der Waals surface area contributed by atoms with Crippen molar-refractivity contribution in [1.29, 1.82) is 0 Å². The molecule has 1 unspecified atom stereocenters. The van der Waals surface area contributed by atoms with E-state index in [-0.39, 0.29) is 4.91 Å². The van der Waals surface area contributed by atoms with Crippen LogP contribution in [0.3, 0.4) is 0 Å². The molecule has 1 fully saturated rings. The number of hydrogen-bond acceptors (Lipinski definition) is 4. The Balaban J connectivity index is 2.17. The molecular weight excluding hydrogens is 272 g/mol. The standard InChI is InChI=1S/C12H13ClN2O2S/c1-7-5-10-9(6-14-7)8-3-2-4-11(12(8)15-10)18(13,16)17/h2,4,7,14H,3,5-6H2,1H3. The molecule has 1 saturated heterocycles. The van der Waals surface area contributed by atoms with E-state index in [0.29, 0.717) is 11.7 Å². The molecule has 2 aliphatic heterocycles. The second-order valence-electron chi connectivity index (χ2n) is 4.76. The summed E-state index contributed by atoms with van der Waals surface area (Å²) in [5.41, 5.74) is 3.71. The Labute approximate surface area is 111 Å². The Kier molecular flexibility index (Phi) is 2.73. The van der Waals surface area contributed by atoms with Crippen LogP contribution in [0, 0.1) is 0 Å². The van der Waals surface area contributed by atoms with E-state index in [1.807, 2.05) is 6.08 Å². The number of allylic oxidation sites excluding steroid dienone is 3. The topological polar surface area (TPSA) is 58.5 Å². The van der Waals surface area contributed by atoms with Crippen LogP contribution in [0.2, 0.25) is 0 Å². The predicted octanol–water partition coefficient (Wildman–Crippen LogP) is 1.86. The Morgan fingerprint density at radius 1 is 1.44 bits per heavy atom. The van der Waals surface area contributed by atoms with Gasteiger partial charge < -0.3 is 5.32 Å². The van der Waals surface area contributed by atoms with E-state index < -0.39 is 9.05 Å². The molecule has 0 aromatic rings. The van der Waals surface area contributed by atoms with E-state index >= 15 is 0 Å². The molecule has 0 bridgehead atoms. The molecular formula is C12H13ClN2O2S. The summed E-state index contributed by atoms with van der Waals surface area (Å²) in [4.78, 5) is 4.63. The minimum atomic E-state index is -3.73. The smallest absolute Gasteiger partial charge is 0.263 e. The number of hydrogen-bond donors (Lipinski definition) is 1. The van der Waals surface area contributed by atoms with Crippen molar-refractivity contribution in [2.45, 2.75) is 25.8 Å². The van der Waals surface area contributed by atoms with Gasteiger partial charge >= 0.3 is 0 Å². The van der Waals surface area contributed by atoms with Gasteiger partial charge in [-0.3, -0.25) is 4.99 Å². The first-order valence-corrected chi connectivity index (χ1v) is 8.17. The number of nitrogens with zero attached hydrogens (tertiary/aromatic N) is 1. The van der Waals surface area contributed by atoms with Gasteiger partial charge in [0.15, 0.2) is 0 Å². The molecule has 18 heavy (non-hydrogen) atoms. The minimum absolute atomic E-state index is 0.132. The average molecular weight is 285 g/mol. The lowest BCUT2D eigenvalue weighted by atomic mass is 9.93. The number of aliphatic imine (C=N–C) groups is 1. The van der Waals surface area contributed by atoms with Crippen LogP contribution >= 0.6 is 10.7 Å². The lowest BCUT2D eigenvalue weighted by Crippen LogP contribution is -2.37. The van der Waals surface area contributed by atoms with Gasteiger partial charge in [-0.15, -0.1) is 0 Å². The number of fused-ring (bicyclic) bond motifs is 2. The third-order valence-corrected chi connectivity index (χ3v) is 4.81. The molecule has 1 N–H and O–H groups in total. The van der Waals surface area contributed by atoms with E-state index in [1.54, 1.807) is 6.08 Å². The maximum Gasteiger partial charge on any atom is 0.263 e. The van der Waals surface area contributed by atoms with Gasteiger partial charge in [-0.25, -0.2) is 8.42 Å². The number of halogens is 1. The van der Waals surface area contributed by atoms with Gasteiger partial charge in [0.2, 0.25) is 0 Å². The highest BCUT2D eigenvalue weighted by Crippen LogP contribution is 2.38. The molecule has 96 valence electrons. The fourth-order valence-corrected chi connectivity index (χ4v) is 3.62.